The van der Waals surface area contributed by atoms with Gasteiger partial charge in [-0.05, 0) is 22.7 Å². The maximum absolute atomic E-state index is 10.8. The Hall–Kier alpha value is -1.02. The first-order valence-electron chi connectivity index (χ1n) is 4.79. The fraction of sp³-hybridized carbons (Fsp3) is 0. The average Bonchev–Trinajstić information content (AvgIpc) is 2.31. The lowest BCUT2D eigenvalue weighted by molar-refractivity contribution is 0.564. The lowest BCUT2D eigenvalue weighted by Crippen LogP contribution is -2.03. The predicted molar refractivity (Wildman–Crippen MR) is 69.5 cm³/mol. The molecule has 4 heteroatoms. The Bertz CT molecular complexity index is 482. The Morgan fingerprint density at radius 1 is 0.875 bits per heavy atom. The van der Waals surface area contributed by atoms with Crippen LogP contribution >= 0.6 is 8.58 Å². The van der Waals surface area contributed by atoms with Crippen LogP contribution in [0.15, 0.2) is 59.5 Å². The first-order chi connectivity index (χ1) is 7.75. The highest BCUT2D eigenvalue weighted by Crippen LogP contribution is 2.11. The van der Waals surface area contributed by atoms with Crippen LogP contribution in [0.5, 0.6) is 0 Å². The van der Waals surface area contributed by atoms with E-state index in [0.29, 0.717) is 13.5 Å². The molecule has 1 N–H and O–H groups in total. The van der Waals surface area contributed by atoms with Crippen LogP contribution in [0.3, 0.4) is 0 Å². The van der Waals surface area contributed by atoms with Crippen molar-refractivity contribution in [2.45, 2.75) is 4.90 Å². The topological polar surface area (TPSA) is 37.3 Å². The van der Waals surface area contributed by atoms with Crippen LogP contribution < -0.4 is 10.6 Å². The molecular formula is C12H11O2PS. The Kier molecular flexibility index (Phi) is 3.83. The quantitative estimate of drug-likeness (QED) is 0.667. The molecule has 2 aromatic carbocycles. The molecule has 2 aromatic rings. The van der Waals surface area contributed by atoms with Crippen LogP contribution in [0.4, 0.5) is 0 Å². The molecule has 0 aromatic heterocycles. The summed E-state index contributed by atoms with van der Waals surface area (Å²) in [6.45, 7) is 0. The van der Waals surface area contributed by atoms with Gasteiger partial charge in [0, 0.05) is 0 Å². The summed E-state index contributed by atoms with van der Waals surface area (Å²) in [5, 5.41) is 2.43. The molecule has 2 nitrogen and oxygen atoms in total. The standard InChI is InChI=1S/C12H11O2PS/c13-16(14)12-8-6-11(7-9-12)15-10-4-2-1-3-5-10/h1-9,15H,(H,13,14). The molecule has 16 heavy (non-hydrogen) atoms. The third-order valence-electron chi connectivity index (χ3n) is 2.12. The van der Waals surface area contributed by atoms with Gasteiger partial charge in [-0.25, -0.2) is 4.21 Å². The summed E-state index contributed by atoms with van der Waals surface area (Å²) in [6, 6.07) is 17.4. The van der Waals surface area contributed by atoms with Crippen LogP contribution in [0.1, 0.15) is 0 Å². The summed E-state index contributed by atoms with van der Waals surface area (Å²) in [4.78, 5) is 0.446. The molecule has 0 amide bonds. The van der Waals surface area contributed by atoms with E-state index >= 15 is 0 Å². The lowest BCUT2D eigenvalue weighted by Gasteiger charge is -2.02. The maximum Gasteiger partial charge on any atom is 0.186 e. The van der Waals surface area contributed by atoms with Gasteiger partial charge in [0.1, 0.15) is 0 Å². The molecular weight excluding hydrogens is 239 g/mol. The second-order valence-corrected chi connectivity index (χ2v) is 5.64. The van der Waals surface area contributed by atoms with Crippen molar-refractivity contribution in [1.29, 1.82) is 0 Å². The zero-order valence-electron chi connectivity index (χ0n) is 8.46. The van der Waals surface area contributed by atoms with Crippen molar-refractivity contribution in [3.05, 3.63) is 54.6 Å². The zero-order valence-corrected chi connectivity index (χ0v) is 10.3. The van der Waals surface area contributed by atoms with Gasteiger partial charge in [-0.1, -0.05) is 51.0 Å². The lowest BCUT2D eigenvalue weighted by atomic mass is 10.4. The third kappa shape index (κ3) is 2.99. The highest BCUT2D eigenvalue weighted by Gasteiger charge is 2.00. The third-order valence-corrected chi connectivity index (χ3v) is 4.04. The smallest absolute Gasteiger partial charge is 0.186 e. The van der Waals surface area contributed by atoms with Gasteiger partial charge in [-0.3, -0.25) is 0 Å². The summed E-state index contributed by atoms with van der Waals surface area (Å²) in [7, 11) is 0.586. The fourth-order valence-corrected chi connectivity index (χ4v) is 2.74. The molecule has 0 spiro atoms. The van der Waals surface area contributed by atoms with E-state index in [4.69, 9.17) is 4.55 Å². The Balaban J connectivity index is 2.14. The van der Waals surface area contributed by atoms with Gasteiger partial charge in [0.25, 0.3) is 0 Å². The zero-order chi connectivity index (χ0) is 11.4. The second-order valence-electron chi connectivity index (χ2n) is 3.26. The van der Waals surface area contributed by atoms with Gasteiger partial charge in [0.15, 0.2) is 11.1 Å². The highest BCUT2D eigenvalue weighted by molar-refractivity contribution is 7.79. The maximum atomic E-state index is 10.8. The first kappa shape index (κ1) is 11.5. The summed E-state index contributed by atoms with van der Waals surface area (Å²) >= 11 is -1.88. The molecule has 0 fully saturated rings. The van der Waals surface area contributed by atoms with E-state index < -0.39 is 11.1 Å². The van der Waals surface area contributed by atoms with Gasteiger partial charge < -0.3 is 4.55 Å². The summed E-state index contributed by atoms with van der Waals surface area (Å²) in [6.07, 6.45) is 0. The van der Waals surface area contributed by atoms with Crippen LogP contribution in [-0.2, 0) is 11.1 Å². The minimum atomic E-state index is -1.88. The molecule has 0 heterocycles. The normalized spacial score (nSPS) is 13.1. The van der Waals surface area contributed by atoms with Gasteiger partial charge in [-0.2, -0.15) is 0 Å². The molecule has 0 saturated carbocycles. The van der Waals surface area contributed by atoms with Crippen molar-refractivity contribution in [3.8, 4) is 0 Å². The number of hydrogen-bond donors (Lipinski definition) is 1. The number of hydrogen-bond acceptors (Lipinski definition) is 1. The van der Waals surface area contributed by atoms with Crippen molar-refractivity contribution in [2.24, 2.45) is 0 Å². The van der Waals surface area contributed by atoms with E-state index in [9.17, 15) is 4.21 Å². The average molecular weight is 250 g/mol. The van der Waals surface area contributed by atoms with Gasteiger partial charge in [0.2, 0.25) is 0 Å². The number of benzene rings is 2. The SMILES string of the molecule is O=S(O)c1ccc(Pc2ccccc2)cc1. The molecule has 2 atom stereocenters. The van der Waals surface area contributed by atoms with Crippen LogP contribution in [0.25, 0.3) is 0 Å². The second kappa shape index (κ2) is 5.35. The van der Waals surface area contributed by atoms with Crippen molar-refractivity contribution in [1.82, 2.24) is 0 Å². The van der Waals surface area contributed by atoms with Crippen molar-refractivity contribution >= 4 is 30.3 Å². The highest BCUT2D eigenvalue weighted by atomic mass is 32.2. The Morgan fingerprint density at radius 3 is 2.00 bits per heavy atom. The molecule has 2 rings (SSSR count). The first-order valence-corrected chi connectivity index (χ1v) is 6.89. The van der Waals surface area contributed by atoms with Crippen LogP contribution in [0.2, 0.25) is 0 Å². The monoisotopic (exact) mass is 250 g/mol. The van der Waals surface area contributed by atoms with E-state index in [1.807, 2.05) is 30.3 Å². The molecule has 0 bridgehead atoms. The van der Waals surface area contributed by atoms with E-state index in [0.717, 1.165) is 0 Å². The number of rotatable bonds is 3. The summed E-state index contributed by atoms with van der Waals surface area (Å²) in [5.41, 5.74) is 0. The predicted octanol–water partition coefficient (Wildman–Crippen LogP) is 1.90. The van der Waals surface area contributed by atoms with Gasteiger partial charge in [0.05, 0.1) is 4.90 Å². The van der Waals surface area contributed by atoms with Crippen molar-refractivity contribution < 1.29 is 8.76 Å². The fourth-order valence-electron chi connectivity index (χ4n) is 1.34. The molecule has 82 valence electrons. The van der Waals surface area contributed by atoms with Crippen LogP contribution in [0, 0.1) is 0 Å². The van der Waals surface area contributed by atoms with E-state index in [-0.39, 0.29) is 0 Å². The van der Waals surface area contributed by atoms with E-state index in [1.54, 1.807) is 12.1 Å². The molecule has 0 aliphatic carbocycles. The molecule has 2 unspecified atom stereocenters. The molecule has 0 aliphatic rings. The van der Waals surface area contributed by atoms with Crippen molar-refractivity contribution in [3.63, 3.8) is 0 Å². The van der Waals surface area contributed by atoms with E-state index in [2.05, 4.69) is 12.1 Å². The molecule has 0 aliphatic heterocycles. The van der Waals surface area contributed by atoms with Crippen molar-refractivity contribution in [2.75, 3.05) is 0 Å². The molecule has 0 saturated heterocycles. The van der Waals surface area contributed by atoms with E-state index in [1.165, 1.54) is 10.6 Å². The van der Waals surface area contributed by atoms with Gasteiger partial charge >= 0.3 is 0 Å². The summed E-state index contributed by atoms with van der Waals surface area (Å²) < 4.78 is 19.7. The van der Waals surface area contributed by atoms with Gasteiger partial charge in [-0.15, -0.1) is 0 Å². The Morgan fingerprint density at radius 2 is 1.44 bits per heavy atom. The van der Waals surface area contributed by atoms with Crippen LogP contribution in [-0.4, -0.2) is 8.76 Å². The molecule has 0 radical (unpaired) electrons. The Labute approximate surface area is 98.8 Å². The minimum Gasteiger partial charge on any atom is -0.302 e. The summed E-state index contributed by atoms with van der Waals surface area (Å²) in [5.74, 6) is 0. The minimum absolute atomic E-state index is 0.446. The largest absolute Gasteiger partial charge is 0.302 e.